The molecule has 0 aliphatic carbocycles. The summed E-state index contributed by atoms with van der Waals surface area (Å²) >= 11 is 0. The molecule has 0 saturated carbocycles. The highest BCUT2D eigenvalue weighted by atomic mass is 14.7. The number of nitrogen functional groups attached to an aromatic ring is 3. The van der Waals surface area contributed by atoms with Crippen molar-refractivity contribution in [2.24, 2.45) is 5.73 Å². The minimum absolute atomic E-state index is 0.0604. The van der Waals surface area contributed by atoms with Crippen LogP contribution in [0.4, 0.5) is 11.4 Å². The first-order valence-electron chi connectivity index (χ1n) is 3.11. The van der Waals surface area contributed by atoms with Crippen LogP contribution in [0.15, 0.2) is 18.2 Å². The van der Waals surface area contributed by atoms with Crippen LogP contribution >= 0.6 is 0 Å². The Morgan fingerprint density at radius 2 is 1.91 bits per heavy atom. The van der Waals surface area contributed by atoms with Crippen molar-refractivity contribution >= 4 is 17.2 Å². The zero-order valence-electron chi connectivity index (χ0n) is 5.96. The van der Waals surface area contributed by atoms with E-state index in [0.717, 1.165) is 0 Å². The maximum Gasteiger partial charge on any atom is 0.124 e. The molecular formula is C7H10N4. The van der Waals surface area contributed by atoms with Gasteiger partial charge in [0.05, 0.1) is 11.4 Å². The molecule has 0 amide bonds. The summed E-state index contributed by atoms with van der Waals surface area (Å²) in [6.45, 7) is 0. The van der Waals surface area contributed by atoms with Crippen molar-refractivity contribution in [1.82, 2.24) is 0 Å². The number of amidine groups is 1. The van der Waals surface area contributed by atoms with E-state index in [1.165, 1.54) is 0 Å². The fourth-order valence-electron chi connectivity index (χ4n) is 0.818. The number of para-hydroxylation sites is 1. The molecule has 0 radical (unpaired) electrons. The zero-order chi connectivity index (χ0) is 8.43. The van der Waals surface area contributed by atoms with Crippen LogP contribution in [0.25, 0.3) is 0 Å². The fourth-order valence-corrected chi connectivity index (χ4v) is 0.818. The number of rotatable bonds is 1. The predicted molar refractivity (Wildman–Crippen MR) is 46.3 cm³/mol. The molecule has 7 N–H and O–H groups in total. The standard InChI is InChI=1S/C7H10N4/c8-5-3-1-2-4(6(5)9)7(10)11/h1-3H,8-9H2,(H3,10,11). The molecule has 0 aromatic heterocycles. The Kier molecular flexibility index (Phi) is 1.68. The topological polar surface area (TPSA) is 102 Å². The van der Waals surface area contributed by atoms with Crippen molar-refractivity contribution in [3.63, 3.8) is 0 Å². The summed E-state index contributed by atoms with van der Waals surface area (Å²) in [5.41, 5.74) is 17.6. The van der Waals surface area contributed by atoms with E-state index < -0.39 is 0 Å². The predicted octanol–water partition coefficient (Wildman–Crippen LogP) is 0.135. The Morgan fingerprint density at radius 3 is 2.36 bits per heavy atom. The van der Waals surface area contributed by atoms with Crippen molar-refractivity contribution in [3.8, 4) is 0 Å². The summed E-state index contributed by atoms with van der Waals surface area (Å²) in [6.07, 6.45) is 0. The van der Waals surface area contributed by atoms with Crippen LogP contribution in [-0.4, -0.2) is 5.84 Å². The maximum atomic E-state index is 7.12. The molecule has 1 aromatic rings. The minimum Gasteiger partial charge on any atom is -0.397 e. The van der Waals surface area contributed by atoms with Gasteiger partial charge in [-0.05, 0) is 12.1 Å². The van der Waals surface area contributed by atoms with E-state index >= 15 is 0 Å². The van der Waals surface area contributed by atoms with Crippen LogP contribution in [0.2, 0.25) is 0 Å². The maximum absolute atomic E-state index is 7.12. The second-order valence-electron chi connectivity index (χ2n) is 2.22. The summed E-state index contributed by atoms with van der Waals surface area (Å²) in [5, 5.41) is 7.12. The summed E-state index contributed by atoms with van der Waals surface area (Å²) in [7, 11) is 0. The van der Waals surface area contributed by atoms with E-state index in [0.29, 0.717) is 16.9 Å². The molecule has 1 rings (SSSR count). The second kappa shape index (κ2) is 2.49. The van der Waals surface area contributed by atoms with Gasteiger partial charge in [0, 0.05) is 5.56 Å². The second-order valence-corrected chi connectivity index (χ2v) is 2.22. The van der Waals surface area contributed by atoms with E-state index in [1.54, 1.807) is 18.2 Å². The van der Waals surface area contributed by atoms with Gasteiger partial charge in [-0.15, -0.1) is 0 Å². The van der Waals surface area contributed by atoms with Crippen LogP contribution in [0.3, 0.4) is 0 Å². The normalized spacial score (nSPS) is 9.45. The van der Waals surface area contributed by atoms with E-state index in [9.17, 15) is 0 Å². The van der Waals surface area contributed by atoms with Crippen molar-refractivity contribution in [2.75, 3.05) is 11.5 Å². The Bertz CT molecular complexity index is 292. The molecule has 11 heavy (non-hydrogen) atoms. The molecule has 0 fully saturated rings. The van der Waals surface area contributed by atoms with E-state index in [2.05, 4.69) is 0 Å². The third-order valence-electron chi connectivity index (χ3n) is 1.43. The first-order valence-corrected chi connectivity index (χ1v) is 3.11. The zero-order valence-corrected chi connectivity index (χ0v) is 5.96. The SMILES string of the molecule is N=C(N)c1cccc(N)c1N. The molecule has 4 heteroatoms. The third kappa shape index (κ3) is 1.24. The molecule has 1 aromatic carbocycles. The lowest BCUT2D eigenvalue weighted by molar-refractivity contribution is 1.43. The summed E-state index contributed by atoms with van der Waals surface area (Å²) in [4.78, 5) is 0. The first kappa shape index (κ1) is 7.40. The molecule has 0 aliphatic rings. The van der Waals surface area contributed by atoms with E-state index in [4.69, 9.17) is 22.6 Å². The lowest BCUT2D eigenvalue weighted by atomic mass is 10.1. The smallest absolute Gasteiger partial charge is 0.124 e. The van der Waals surface area contributed by atoms with E-state index in [1.807, 2.05) is 0 Å². The highest BCUT2D eigenvalue weighted by Gasteiger charge is 2.02. The lowest BCUT2D eigenvalue weighted by Crippen LogP contribution is -2.14. The molecule has 58 valence electrons. The van der Waals surface area contributed by atoms with Gasteiger partial charge in [0.2, 0.25) is 0 Å². The van der Waals surface area contributed by atoms with Crippen LogP contribution in [0, 0.1) is 5.41 Å². The average molecular weight is 150 g/mol. The highest BCUT2D eigenvalue weighted by Crippen LogP contribution is 2.18. The minimum atomic E-state index is -0.0604. The largest absolute Gasteiger partial charge is 0.397 e. The molecule has 0 aliphatic heterocycles. The number of nitrogens with one attached hydrogen (secondary N) is 1. The van der Waals surface area contributed by atoms with Gasteiger partial charge in [-0.2, -0.15) is 0 Å². The van der Waals surface area contributed by atoms with Crippen molar-refractivity contribution < 1.29 is 0 Å². The monoisotopic (exact) mass is 150 g/mol. The van der Waals surface area contributed by atoms with Crippen LogP contribution in [0.5, 0.6) is 0 Å². The van der Waals surface area contributed by atoms with Gasteiger partial charge in [-0.25, -0.2) is 0 Å². The molecule has 0 unspecified atom stereocenters. The average Bonchev–Trinajstić information content (AvgIpc) is 1.94. The Morgan fingerprint density at radius 1 is 1.27 bits per heavy atom. The first-order chi connectivity index (χ1) is 5.13. The van der Waals surface area contributed by atoms with Gasteiger partial charge in [0.15, 0.2) is 0 Å². The summed E-state index contributed by atoms with van der Waals surface area (Å²) < 4.78 is 0. The highest BCUT2D eigenvalue weighted by molar-refractivity contribution is 6.02. The Labute approximate surface area is 64.5 Å². The number of nitrogens with two attached hydrogens (primary N) is 3. The number of hydrogen-bond donors (Lipinski definition) is 4. The van der Waals surface area contributed by atoms with Crippen molar-refractivity contribution in [2.45, 2.75) is 0 Å². The van der Waals surface area contributed by atoms with Crippen LogP contribution < -0.4 is 17.2 Å². The lowest BCUT2D eigenvalue weighted by Gasteiger charge is -2.04. The van der Waals surface area contributed by atoms with Crippen LogP contribution in [-0.2, 0) is 0 Å². The summed E-state index contributed by atoms with van der Waals surface area (Å²) in [6, 6.07) is 5.04. The number of anilines is 2. The van der Waals surface area contributed by atoms with Gasteiger partial charge < -0.3 is 17.2 Å². The van der Waals surface area contributed by atoms with Crippen LogP contribution in [0.1, 0.15) is 5.56 Å². The van der Waals surface area contributed by atoms with Gasteiger partial charge in [0.1, 0.15) is 5.84 Å². The van der Waals surface area contributed by atoms with Crippen molar-refractivity contribution in [1.29, 1.82) is 5.41 Å². The molecule has 4 nitrogen and oxygen atoms in total. The summed E-state index contributed by atoms with van der Waals surface area (Å²) in [5.74, 6) is -0.0604. The van der Waals surface area contributed by atoms with Gasteiger partial charge >= 0.3 is 0 Å². The molecular weight excluding hydrogens is 140 g/mol. The van der Waals surface area contributed by atoms with Crippen molar-refractivity contribution in [3.05, 3.63) is 23.8 Å². The molecule has 0 bridgehead atoms. The molecule has 0 atom stereocenters. The van der Waals surface area contributed by atoms with Gasteiger partial charge in [0.25, 0.3) is 0 Å². The Hall–Kier alpha value is -1.71. The van der Waals surface area contributed by atoms with Gasteiger partial charge in [-0.1, -0.05) is 6.07 Å². The molecule has 0 heterocycles. The van der Waals surface area contributed by atoms with Gasteiger partial charge in [-0.3, -0.25) is 5.41 Å². The Balaban J connectivity index is 3.27. The number of benzene rings is 1. The number of hydrogen-bond acceptors (Lipinski definition) is 3. The van der Waals surface area contributed by atoms with E-state index in [-0.39, 0.29) is 5.84 Å². The molecule has 0 spiro atoms. The quantitative estimate of drug-likeness (QED) is 0.260. The third-order valence-corrected chi connectivity index (χ3v) is 1.43. The molecule has 0 saturated heterocycles. The fraction of sp³-hybridized carbons (Fsp3) is 0.